The van der Waals surface area contributed by atoms with E-state index < -0.39 is 17.8 Å². The summed E-state index contributed by atoms with van der Waals surface area (Å²) in [6.45, 7) is 0. The van der Waals surface area contributed by atoms with Crippen LogP contribution in [0.3, 0.4) is 0 Å². The van der Waals surface area contributed by atoms with Gasteiger partial charge in [0.25, 0.3) is 0 Å². The summed E-state index contributed by atoms with van der Waals surface area (Å²) < 4.78 is 37.0. The molecule has 0 aliphatic heterocycles. The van der Waals surface area contributed by atoms with Gasteiger partial charge in [0, 0.05) is 11.9 Å². The molecule has 0 fully saturated rings. The van der Waals surface area contributed by atoms with Crippen LogP contribution in [-0.4, -0.2) is 10.1 Å². The quantitative estimate of drug-likeness (QED) is 0.832. The maximum Gasteiger partial charge on any atom is 0.416 e. The lowest BCUT2D eigenvalue weighted by Crippen LogP contribution is -2.06. The van der Waals surface area contributed by atoms with Crippen molar-refractivity contribution in [3.05, 3.63) is 59.4 Å². The lowest BCUT2D eigenvalue weighted by Gasteiger charge is -2.11. The van der Waals surface area contributed by atoms with Crippen LogP contribution < -0.4 is 0 Å². The molecule has 0 bridgehead atoms. The van der Waals surface area contributed by atoms with Gasteiger partial charge in [-0.1, -0.05) is 12.1 Å². The number of nitrogens with one attached hydrogen (secondary N) is 1. The summed E-state index contributed by atoms with van der Waals surface area (Å²) in [6.07, 6.45) is -3.65. The SMILES string of the molecule is OC(c1ccc(C(F)(F)F)cc1)c1ccc[nH]1. The Morgan fingerprint density at radius 1 is 1.06 bits per heavy atom. The molecule has 2 nitrogen and oxygen atoms in total. The minimum Gasteiger partial charge on any atom is -0.382 e. The van der Waals surface area contributed by atoms with Crippen molar-refractivity contribution >= 4 is 0 Å². The second kappa shape index (κ2) is 4.25. The maximum absolute atomic E-state index is 12.3. The van der Waals surface area contributed by atoms with Gasteiger partial charge >= 0.3 is 6.18 Å². The number of halogens is 3. The predicted molar refractivity (Wildman–Crippen MR) is 56.3 cm³/mol. The van der Waals surface area contributed by atoms with Crippen molar-refractivity contribution in [1.82, 2.24) is 4.98 Å². The van der Waals surface area contributed by atoms with Crippen molar-refractivity contribution in [2.45, 2.75) is 12.3 Å². The van der Waals surface area contributed by atoms with Crippen LogP contribution in [0.5, 0.6) is 0 Å². The smallest absolute Gasteiger partial charge is 0.382 e. The monoisotopic (exact) mass is 241 g/mol. The third-order valence-electron chi connectivity index (χ3n) is 2.47. The number of aliphatic hydroxyl groups is 1. The fraction of sp³-hybridized carbons (Fsp3) is 0.167. The second-order valence-electron chi connectivity index (χ2n) is 3.65. The zero-order chi connectivity index (χ0) is 12.5. The highest BCUT2D eigenvalue weighted by Gasteiger charge is 2.30. The first-order valence-electron chi connectivity index (χ1n) is 4.97. The molecule has 0 radical (unpaired) electrons. The molecule has 1 aromatic carbocycles. The molecule has 2 N–H and O–H groups in total. The van der Waals surface area contributed by atoms with Crippen molar-refractivity contribution < 1.29 is 18.3 Å². The number of hydrogen-bond acceptors (Lipinski definition) is 1. The van der Waals surface area contributed by atoms with E-state index >= 15 is 0 Å². The van der Waals surface area contributed by atoms with Crippen LogP contribution in [0, 0.1) is 0 Å². The van der Waals surface area contributed by atoms with Crippen molar-refractivity contribution in [3.63, 3.8) is 0 Å². The Labute approximate surface area is 95.7 Å². The summed E-state index contributed by atoms with van der Waals surface area (Å²) >= 11 is 0. The number of hydrogen-bond donors (Lipinski definition) is 2. The summed E-state index contributed by atoms with van der Waals surface area (Å²) in [6, 6.07) is 7.84. The van der Waals surface area contributed by atoms with Crippen molar-refractivity contribution in [2.24, 2.45) is 0 Å². The van der Waals surface area contributed by atoms with Crippen LogP contribution >= 0.6 is 0 Å². The summed E-state index contributed by atoms with van der Waals surface area (Å²) in [5.41, 5.74) is 0.241. The van der Waals surface area contributed by atoms with Gasteiger partial charge in [0.2, 0.25) is 0 Å². The summed E-state index contributed by atoms with van der Waals surface area (Å²) in [7, 11) is 0. The predicted octanol–water partition coefficient (Wildman–Crippen LogP) is 3.12. The van der Waals surface area contributed by atoms with E-state index in [0.29, 0.717) is 11.3 Å². The number of aromatic amines is 1. The van der Waals surface area contributed by atoms with Gasteiger partial charge < -0.3 is 10.1 Å². The van der Waals surface area contributed by atoms with Gasteiger partial charge in [-0.3, -0.25) is 0 Å². The molecule has 0 saturated carbocycles. The summed E-state index contributed by atoms with van der Waals surface area (Å²) in [5, 5.41) is 9.86. The fourth-order valence-corrected chi connectivity index (χ4v) is 1.55. The van der Waals surface area contributed by atoms with Crippen LogP contribution in [0.1, 0.15) is 22.9 Å². The largest absolute Gasteiger partial charge is 0.416 e. The van der Waals surface area contributed by atoms with E-state index in [4.69, 9.17) is 0 Å². The Kier molecular flexibility index (Phi) is 2.93. The van der Waals surface area contributed by atoms with E-state index in [1.54, 1.807) is 18.3 Å². The van der Waals surface area contributed by atoms with Gasteiger partial charge in [-0.05, 0) is 29.8 Å². The molecule has 0 spiro atoms. The molecule has 0 aliphatic carbocycles. The van der Waals surface area contributed by atoms with Crippen molar-refractivity contribution in [1.29, 1.82) is 0 Å². The molecule has 1 heterocycles. The first-order valence-corrected chi connectivity index (χ1v) is 4.97. The number of aliphatic hydroxyl groups excluding tert-OH is 1. The fourth-order valence-electron chi connectivity index (χ4n) is 1.55. The first-order chi connectivity index (χ1) is 7.98. The van der Waals surface area contributed by atoms with Gasteiger partial charge in [-0.25, -0.2) is 0 Å². The molecule has 0 saturated heterocycles. The lowest BCUT2D eigenvalue weighted by atomic mass is 10.0. The highest BCUT2D eigenvalue weighted by molar-refractivity contribution is 5.30. The van der Waals surface area contributed by atoms with E-state index in [1.165, 1.54) is 12.1 Å². The highest BCUT2D eigenvalue weighted by atomic mass is 19.4. The maximum atomic E-state index is 12.3. The molecule has 2 aromatic rings. The van der Waals surface area contributed by atoms with Crippen LogP contribution in [0.2, 0.25) is 0 Å². The molecular formula is C12H10F3NO. The Bertz CT molecular complexity index is 473. The zero-order valence-corrected chi connectivity index (χ0v) is 8.70. The molecule has 1 unspecified atom stereocenters. The first kappa shape index (κ1) is 11.7. The van der Waals surface area contributed by atoms with E-state index in [-0.39, 0.29) is 0 Å². The number of H-pyrrole nitrogens is 1. The molecule has 5 heteroatoms. The molecule has 1 aromatic heterocycles. The minimum absolute atomic E-state index is 0.417. The molecule has 17 heavy (non-hydrogen) atoms. The van der Waals surface area contributed by atoms with Crippen molar-refractivity contribution in [3.8, 4) is 0 Å². The minimum atomic E-state index is -4.35. The second-order valence-corrected chi connectivity index (χ2v) is 3.65. The van der Waals surface area contributed by atoms with Gasteiger partial charge in [-0.15, -0.1) is 0 Å². The molecule has 1 atom stereocenters. The third kappa shape index (κ3) is 2.50. The zero-order valence-electron chi connectivity index (χ0n) is 8.70. The van der Waals surface area contributed by atoms with E-state index in [9.17, 15) is 18.3 Å². The highest BCUT2D eigenvalue weighted by Crippen LogP contribution is 2.30. The summed E-state index contributed by atoms with van der Waals surface area (Å²) in [5.74, 6) is 0. The molecule has 90 valence electrons. The average molecular weight is 241 g/mol. The van der Waals surface area contributed by atoms with E-state index in [0.717, 1.165) is 12.1 Å². The average Bonchev–Trinajstić information content (AvgIpc) is 2.80. The van der Waals surface area contributed by atoms with Crippen molar-refractivity contribution in [2.75, 3.05) is 0 Å². The number of benzene rings is 1. The van der Waals surface area contributed by atoms with Gasteiger partial charge in [-0.2, -0.15) is 13.2 Å². The molecule has 0 aliphatic rings. The van der Waals surface area contributed by atoms with Crippen LogP contribution in [0.25, 0.3) is 0 Å². The van der Waals surface area contributed by atoms with Crippen LogP contribution in [0.15, 0.2) is 42.6 Å². The normalized spacial score (nSPS) is 13.6. The molecule has 2 rings (SSSR count). The number of alkyl halides is 3. The third-order valence-corrected chi connectivity index (χ3v) is 2.47. The number of aromatic nitrogens is 1. The Morgan fingerprint density at radius 2 is 1.71 bits per heavy atom. The summed E-state index contributed by atoms with van der Waals surface area (Å²) in [4.78, 5) is 2.81. The van der Waals surface area contributed by atoms with E-state index in [2.05, 4.69) is 4.98 Å². The van der Waals surface area contributed by atoms with E-state index in [1.807, 2.05) is 0 Å². The van der Waals surface area contributed by atoms with Crippen LogP contribution in [-0.2, 0) is 6.18 Å². The Balaban J connectivity index is 2.24. The standard InChI is InChI=1S/C12H10F3NO/c13-12(14,15)9-5-3-8(4-6-9)11(17)10-2-1-7-16-10/h1-7,11,16-17H. The lowest BCUT2D eigenvalue weighted by molar-refractivity contribution is -0.137. The van der Waals surface area contributed by atoms with Gasteiger partial charge in [0.05, 0.1) is 5.56 Å². The Hall–Kier alpha value is -1.75. The topological polar surface area (TPSA) is 36.0 Å². The van der Waals surface area contributed by atoms with Gasteiger partial charge in [0.15, 0.2) is 0 Å². The molecular weight excluding hydrogens is 231 g/mol. The number of rotatable bonds is 2. The van der Waals surface area contributed by atoms with Crippen LogP contribution in [0.4, 0.5) is 13.2 Å². The van der Waals surface area contributed by atoms with Gasteiger partial charge in [0.1, 0.15) is 6.10 Å². The molecule has 0 amide bonds. The Morgan fingerprint density at radius 3 is 2.18 bits per heavy atom.